The Morgan fingerprint density at radius 3 is 2.89 bits per heavy atom. The maximum Gasteiger partial charge on any atom is 0.0945 e. The Balaban J connectivity index is 1.65. The SMILES string of the molecule is CCN(CCCn1ccnc1)CC1CCNCC1. The first-order valence-electron chi connectivity index (χ1n) is 7.27. The van der Waals surface area contributed by atoms with Crippen LogP contribution in [-0.2, 0) is 6.54 Å². The van der Waals surface area contributed by atoms with Crippen molar-refractivity contribution < 1.29 is 0 Å². The van der Waals surface area contributed by atoms with Gasteiger partial charge in [0, 0.05) is 25.5 Å². The first kappa shape index (κ1) is 13.6. The molecule has 1 saturated heterocycles. The second-order valence-corrected chi connectivity index (χ2v) is 5.24. The Bertz CT molecular complexity index is 304. The van der Waals surface area contributed by atoms with Gasteiger partial charge in [-0.2, -0.15) is 0 Å². The highest BCUT2D eigenvalue weighted by atomic mass is 15.1. The fourth-order valence-corrected chi connectivity index (χ4v) is 2.70. The van der Waals surface area contributed by atoms with E-state index >= 15 is 0 Å². The Hall–Kier alpha value is -0.870. The number of piperidine rings is 1. The highest BCUT2D eigenvalue weighted by Crippen LogP contribution is 2.13. The number of hydrogen-bond acceptors (Lipinski definition) is 3. The Labute approximate surface area is 110 Å². The van der Waals surface area contributed by atoms with Gasteiger partial charge in [0.1, 0.15) is 0 Å². The topological polar surface area (TPSA) is 33.1 Å². The van der Waals surface area contributed by atoms with Gasteiger partial charge in [0.05, 0.1) is 6.33 Å². The smallest absolute Gasteiger partial charge is 0.0945 e. The van der Waals surface area contributed by atoms with Crippen LogP contribution in [0.5, 0.6) is 0 Å². The molecule has 0 atom stereocenters. The maximum absolute atomic E-state index is 4.08. The molecule has 0 saturated carbocycles. The number of nitrogens with one attached hydrogen (secondary N) is 1. The van der Waals surface area contributed by atoms with E-state index in [0.717, 1.165) is 12.5 Å². The summed E-state index contributed by atoms with van der Waals surface area (Å²) in [5, 5.41) is 3.44. The quantitative estimate of drug-likeness (QED) is 0.798. The van der Waals surface area contributed by atoms with E-state index in [2.05, 4.69) is 26.7 Å². The van der Waals surface area contributed by atoms with E-state index in [4.69, 9.17) is 0 Å². The van der Waals surface area contributed by atoms with Crippen molar-refractivity contribution in [3.05, 3.63) is 18.7 Å². The van der Waals surface area contributed by atoms with E-state index in [0.29, 0.717) is 0 Å². The molecular weight excluding hydrogens is 224 g/mol. The van der Waals surface area contributed by atoms with E-state index in [1.165, 1.54) is 52.0 Å². The van der Waals surface area contributed by atoms with Gasteiger partial charge < -0.3 is 14.8 Å². The molecule has 1 N–H and O–H groups in total. The lowest BCUT2D eigenvalue weighted by Crippen LogP contribution is -2.36. The Kier molecular flexibility index (Phi) is 5.68. The van der Waals surface area contributed by atoms with E-state index in [-0.39, 0.29) is 0 Å². The molecule has 2 heterocycles. The molecule has 1 aromatic heterocycles. The molecule has 1 fully saturated rings. The van der Waals surface area contributed by atoms with Crippen LogP contribution < -0.4 is 5.32 Å². The molecule has 102 valence electrons. The lowest BCUT2D eigenvalue weighted by atomic mass is 9.97. The number of aromatic nitrogens is 2. The van der Waals surface area contributed by atoms with Gasteiger partial charge in [0.15, 0.2) is 0 Å². The third-order valence-corrected chi connectivity index (χ3v) is 3.87. The second kappa shape index (κ2) is 7.54. The summed E-state index contributed by atoms with van der Waals surface area (Å²) in [5.41, 5.74) is 0. The van der Waals surface area contributed by atoms with E-state index in [9.17, 15) is 0 Å². The van der Waals surface area contributed by atoms with Crippen LogP contribution in [0, 0.1) is 5.92 Å². The number of nitrogens with zero attached hydrogens (tertiary/aromatic N) is 3. The highest BCUT2D eigenvalue weighted by molar-refractivity contribution is 4.75. The first-order valence-corrected chi connectivity index (χ1v) is 7.27. The van der Waals surface area contributed by atoms with Gasteiger partial charge >= 0.3 is 0 Å². The lowest BCUT2D eigenvalue weighted by Gasteiger charge is -2.29. The molecule has 0 unspecified atom stereocenters. The summed E-state index contributed by atoms with van der Waals surface area (Å²) in [7, 11) is 0. The summed E-state index contributed by atoms with van der Waals surface area (Å²) < 4.78 is 2.17. The van der Waals surface area contributed by atoms with E-state index in [1.54, 1.807) is 0 Å². The molecule has 4 heteroatoms. The molecule has 0 bridgehead atoms. The van der Waals surface area contributed by atoms with Crippen molar-refractivity contribution in [2.45, 2.75) is 32.7 Å². The third-order valence-electron chi connectivity index (χ3n) is 3.87. The van der Waals surface area contributed by atoms with E-state index < -0.39 is 0 Å². The molecule has 0 radical (unpaired) electrons. The summed E-state index contributed by atoms with van der Waals surface area (Å²) in [6.07, 6.45) is 9.71. The van der Waals surface area contributed by atoms with E-state index in [1.807, 2.05) is 18.7 Å². The van der Waals surface area contributed by atoms with Crippen molar-refractivity contribution in [1.82, 2.24) is 19.8 Å². The molecule has 0 spiro atoms. The van der Waals surface area contributed by atoms with Gasteiger partial charge in [-0.25, -0.2) is 4.98 Å². The summed E-state index contributed by atoms with van der Waals surface area (Å²) in [6, 6.07) is 0. The van der Waals surface area contributed by atoms with Crippen LogP contribution in [0.1, 0.15) is 26.2 Å². The molecule has 1 aliphatic heterocycles. The predicted molar refractivity (Wildman–Crippen MR) is 74.6 cm³/mol. The van der Waals surface area contributed by atoms with Crippen LogP contribution >= 0.6 is 0 Å². The van der Waals surface area contributed by atoms with Crippen LogP contribution in [-0.4, -0.2) is 47.2 Å². The Morgan fingerprint density at radius 2 is 2.22 bits per heavy atom. The van der Waals surface area contributed by atoms with Gasteiger partial charge in [-0.05, 0) is 51.4 Å². The van der Waals surface area contributed by atoms with Crippen molar-refractivity contribution in [3.8, 4) is 0 Å². The maximum atomic E-state index is 4.08. The predicted octanol–water partition coefficient (Wildman–Crippen LogP) is 1.59. The summed E-state index contributed by atoms with van der Waals surface area (Å²) in [5.74, 6) is 0.902. The molecule has 0 aliphatic carbocycles. The number of rotatable bonds is 7. The zero-order valence-corrected chi connectivity index (χ0v) is 11.5. The van der Waals surface area contributed by atoms with Gasteiger partial charge in [0.25, 0.3) is 0 Å². The normalized spacial score (nSPS) is 17.4. The molecule has 1 aromatic rings. The second-order valence-electron chi connectivity index (χ2n) is 5.24. The lowest BCUT2D eigenvalue weighted by molar-refractivity contribution is 0.209. The zero-order chi connectivity index (χ0) is 12.6. The first-order chi connectivity index (χ1) is 8.88. The van der Waals surface area contributed by atoms with Crippen molar-refractivity contribution in [3.63, 3.8) is 0 Å². The van der Waals surface area contributed by atoms with Crippen LogP contribution in [0.25, 0.3) is 0 Å². The molecular formula is C14H26N4. The van der Waals surface area contributed by atoms with Crippen molar-refractivity contribution in [2.75, 3.05) is 32.7 Å². The molecule has 0 aromatic carbocycles. The number of imidazole rings is 1. The molecule has 2 rings (SSSR count). The fourth-order valence-electron chi connectivity index (χ4n) is 2.70. The summed E-state index contributed by atoms with van der Waals surface area (Å²) in [6.45, 7) is 9.43. The minimum absolute atomic E-state index is 0.902. The van der Waals surface area contributed by atoms with Gasteiger partial charge in [-0.15, -0.1) is 0 Å². The largest absolute Gasteiger partial charge is 0.337 e. The van der Waals surface area contributed by atoms with Crippen LogP contribution in [0.2, 0.25) is 0 Å². The summed E-state index contributed by atoms with van der Waals surface area (Å²) >= 11 is 0. The molecule has 4 nitrogen and oxygen atoms in total. The minimum Gasteiger partial charge on any atom is -0.337 e. The van der Waals surface area contributed by atoms with Crippen molar-refractivity contribution in [1.29, 1.82) is 0 Å². The molecule has 0 amide bonds. The molecule has 1 aliphatic rings. The Morgan fingerprint density at radius 1 is 1.39 bits per heavy atom. The fraction of sp³-hybridized carbons (Fsp3) is 0.786. The van der Waals surface area contributed by atoms with Crippen molar-refractivity contribution >= 4 is 0 Å². The van der Waals surface area contributed by atoms with Gasteiger partial charge in [0.2, 0.25) is 0 Å². The average Bonchev–Trinajstić information content (AvgIpc) is 2.92. The van der Waals surface area contributed by atoms with Gasteiger partial charge in [-0.3, -0.25) is 0 Å². The zero-order valence-electron chi connectivity index (χ0n) is 11.5. The number of hydrogen-bond donors (Lipinski definition) is 1. The third kappa shape index (κ3) is 4.42. The van der Waals surface area contributed by atoms with Gasteiger partial charge in [-0.1, -0.05) is 6.92 Å². The average molecular weight is 250 g/mol. The monoisotopic (exact) mass is 250 g/mol. The molecule has 18 heavy (non-hydrogen) atoms. The van der Waals surface area contributed by atoms with Crippen molar-refractivity contribution in [2.24, 2.45) is 5.92 Å². The minimum atomic E-state index is 0.902. The summed E-state index contributed by atoms with van der Waals surface area (Å²) in [4.78, 5) is 6.68. The standard InChI is InChI=1S/C14H26N4/c1-2-17(12-14-4-6-15-7-5-14)9-3-10-18-11-8-16-13-18/h8,11,13-15H,2-7,9-10,12H2,1H3. The number of aryl methyl sites for hydroxylation is 1. The highest BCUT2D eigenvalue weighted by Gasteiger charge is 2.15. The van der Waals surface area contributed by atoms with Crippen LogP contribution in [0.3, 0.4) is 0 Å². The van der Waals surface area contributed by atoms with Crippen LogP contribution in [0.4, 0.5) is 0 Å². The van der Waals surface area contributed by atoms with Crippen LogP contribution in [0.15, 0.2) is 18.7 Å².